The van der Waals surface area contributed by atoms with Gasteiger partial charge in [0.25, 0.3) is 0 Å². The maximum atomic E-state index is 13.8. The molecule has 222 valence electrons. The van der Waals surface area contributed by atoms with Crippen molar-refractivity contribution in [2.45, 2.75) is 38.0 Å². The van der Waals surface area contributed by atoms with Gasteiger partial charge < -0.3 is 14.7 Å². The van der Waals surface area contributed by atoms with Crippen molar-refractivity contribution in [3.05, 3.63) is 94.3 Å². The fraction of sp³-hybridized carbons (Fsp3) is 0.290. The molecule has 8 nitrogen and oxygen atoms in total. The molecular weight excluding hydrogens is 585 g/mol. The number of likely N-dealkylation sites (tertiary alicyclic amines) is 1. The summed E-state index contributed by atoms with van der Waals surface area (Å²) in [4.78, 5) is 30.1. The van der Waals surface area contributed by atoms with Crippen LogP contribution in [0, 0.1) is 5.92 Å². The van der Waals surface area contributed by atoms with Gasteiger partial charge >= 0.3 is 12.1 Å². The first kappa shape index (κ1) is 28.7. The van der Waals surface area contributed by atoms with E-state index < -0.39 is 23.4 Å². The molecule has 0 bridgehead atoms. The lowest BCUT2D eigenvalue weighted by Gasteiger charge is -2.17. The number of aromatic carboxylic acids is 1. The lowest BCUT2D eigenvalue weighted by molar-refractivity contribution is -0.143. The van der Waals surface area contributed by atoms with Crippen LogP contribution in [0.25, 0.3) is 17.1 Å². The molecular formula is C31H26ClF3N4O4. The molecule has 1 aliphatic heterocycles. The van der Waals surface area contributed by atoms with Gasteiger partial charge in [0, 0.05) is 30.5 Å². The van der Waals surface area contributed by atoms with Crippen molar-refractivity contribution in [3.8, 4) is 22.8 Å². The van der Waals surface area contributed by atoms with E-state index in [2.05, 4.69) is 10.1 Å². The first-order valence-electron chi connectivity index (χ1n) is 13.8. The Kier molecular flexibility index (Phi) is 7.59. The predicted octanol–water partition coefficient (Wildman–Crippen LogP) is 6.61. The van der Waals surface area contributed by atoms with Gasteiger partial charge in [-0.2, -0.15) is 18.3 Å². The molecule has 1 aliphatic carbocycles. The Morgan fingerprint density at radius 3 is 2.47 bits per heavy atom. The molecule has 0 unspecified atom stereocenters. The summed E-state index contributed by atoms with van der Waals surface area (Å²) in [5.41, 5.74) is 0.337. The maximum absolute atomic E-state index is 13.8. The molecule has 0 spiro atoms. The van der Waals surface area contributed by atoms with Crippen LogP contribution >= 0.6 is 11.6 Å². The van der Waals surface area contributed by atoms with E-state index in [1.807, 2.05) is 29.2 Å². The van der Waals surface area contributed by atoms with Gasteiger partial charge in [-0.05, 0) is 54.7 Å². The lowest BCUT2D eigenvalue weighted by Crippen LogP contribution is -2.29. The van der Waals surface area contributed by atoms with E-state index in [1.54, 1.807) is 24.3 Å². The minimum Gasteiger partial charge on any atom is -0.487 e. The molecule has 2 fully saturated rings. The minimum atomic E-state index is -4.98. The summed E-state index contributed by atoms with van der Waals surface area (Å²) in [6.45, 7) is 1.70. The molecule has 4 aromatic rings. The normalized spacial score (nSPS) is 16.8. The van der Waals surface area contributed by atoms with Crippen LogP contribution < -0.4 is 4.74 Å². The van der Waals surface area contributed by atoms with Crippen LogP contribution in [0.2, 0.25) is 5.02 Å². The number of aromatic nitrogens is 3. The topological polar surface area (TPSA) is 97.5 Å². The lowest BCUT2D eigenvalue weighted by atomic mass is 9.97. The van der Waals surface area contributed by atoms with Crippen molar-refractivity contribution in [1.29, 1.82) is 0 Å². The van der Waals surface area contributed by atoms with E-state index in [0.29, 0.717) is 28.1 Å². The Morgan fingerprint density at radius 1 is 1.02 bits per heavy atom. The third kappa shape index (κ3) is 5.94. The summed E-state index contributed by atoms with van der Waals surface area (Å²) in [6.07, 6.45) is -1.40. The minimum absolute atomic E-state index is 0.174. The zero-order chi connectivity index (χ0) is 30.3. The number of ether oxygens (including phenoxy) is 1. The Labute approximate surface area is 249 Å². The highest BCUT2D eigenvalue weighted by molar-refractivity contribution is 6.32. The number of carboxylic acids is 1. The van der Waals surface area contributed by atoms with E-state index in [1.165, 1.54) is 12.1 Å². The summed E-state index contributed by atoms with van der Waals surface area (Å²) >= 11 is 6.49. The van der Waals surface area contributed by atoms with Crippen LogP contribution in [0.1, 0.15) is 52.4 Å². The number of para-hydroxylation sites is 1. The predicted molar refractivity (Wildman–Crippen MR) is 151 cm³/mol. The molecule has 1 saturated heterocycles. The van der Waals surface area contributed by atoms with Gasteiger partial charge in [-0.25, -0.2) is 14.5 Å². The highest BCUT2D eigenvalue weighted by Crippen LogP contribution is 2.38. The molecule has 3 heterocycles. The molecule has 6 rings (SSSR count). The highest BCUT2D eigenvalue weighted by atomic mass is 35.5. The molecule has 1 atom stereocenters. The number of amides is 1. The molecule has 2 aromatic heterocycles. The molecule has 1 N–H and O–H groups in total. The third-order valence-corrected chi connectivity index (χ3v) is 8.02. The summed E-state index contributed by atoms with van der Waals surface area (Å²) < 4.78 is 47.9. The third-order valence-electron chi connectivity index (χ3n) is 7.72. The number of pyridine rings is 1. The van der Waals surface area contributed by atoms with E-state index in [9.17, 15) is 27.9 Å². The maximum Gasteiger partial charge on any atom is 0.434 e. The van der Waals surface area contributed by atoms with E-state index >= 15 is 0 Å². The van der Waals surface area contributed by atoms with Gasteiger partial charge in [-0.3, -0.25) is 4.79 Å². The Bertz CT molecular complexity index is 1690. The van der Waals surface area contributed by atoms with E-state index in [-0.39, 0.29) is 35.0 Å². The molecule has 1 saturated carbocycles. The second kappa shape index (κ2) is 11.4. The number of hydrogen-bond acceptors (Lipinski definition) is 5. The SMILES string of the molecule is O=C(O)c1cnn(-c2cccc(-c3cccc(Cl)c3OCc3ccc([C@@H]4CCN(C(=O)C5CC5)C4)cc3)n2)c1C(F)(F)F. The Hall–Kier alpha value is -4.38. The highest BCUT2D eigenvalue weighted by Gasteiger charge is 2.41. The number of rotatable bonds is 8. The zero-order valence-electron chi connectivity index (χ0n) is 22.7. The van der Waals surface area contributed by atoms with Crippen LogP contribution in [0.5, 0.6) is 5.75 Å². The monoisotopic (exact) mass is 610 g/mol. The number of halogens is 4. The number of carboxylic acid groups (broad SMARTS) is 1. The summed E-state index contributed by atoms with van der Waals surface area (Å²) in [5.74, 6) is -0.877. The second-order valence-corrected chi connectivity index (χ2v) is 11.1. The molecule has 2 aliphatic rings. The fourth-order valence-corrected chi connectivity index (χ4v) is 5.59. The standard InChI is InChI=1S/C31H26ClF3N4O4/c32-24-4-1-3-22(25-5-2-6-26(37-25)39-28(31(33,34)35)23(15-36-39)30(41)42)27(24)43-17-18-7-9-19(10-8-18)21-13-14-38(16-21)29(40)20-11-12-20/h1-10,15,20-21H,11-14,16-17H2,(H,41,42)/t21-/m1/s1. The molecule has 2 aromatic carbocycles. The molecule has 0 radical (unpaired) electrons. The first-order valence-corrected chi connectivity index (χ1v) is 14.1. The largest absolute Gasteiger partial charge is 0.487 e. The second-order valence-electron chi connectivity index (χ2n) is 10.7. The van der Waals surface area contributed by atoms with E-state index in [0.717, 1.165) is 43.5 Å². The number of benzene rings is 2. The van der Waals surface area contributed by atoms with Crippen LogP contribution in [0.15, 0.2) is 66.9 Å². The number of nitrogens with zero attached hydrogens (tertiary/aromatic N) is 4. The van der Waals surface area contributed by atoms with Crippen molar-refractivity contribution < 1.29 is 32.6 Å². The summed E-state index contributed by atoms with van der Waals surface area (Å²) in [5, 5.41) is 13.2. The van der Waals surface area contributed by atoms with Gasteiger partial charge in [0.1, 0.15) is 17.9 Å². The zero-order valence-corrected chi connectivity index (χ0v) is 23.5. The molecule has 1 amide bonds. The van der Waals surface area contributed by atoms with Gasteiger partial charge in [0.05, 0.1) is 16.9 Å². The van der Waals surface area contributed by atoms with E-state index in [4.69, 9.17) is 16.3 Å². The number of alkyl halides is 3. The quantitative estimate of drug-likeness (QED) is 0.241. The average molecular weight is 611 g/mol. The number of carbonyl (C=O) groups is 2. The molecule has 43 heavy (non-hydrogen) atoms. The van der Waals surface area contributed by atoms with Crippen LogP contribution in [-0.4, -0.2) is 49.7 Å². The van der Waals surface area contributed by atoms with Gasteiger partial charge in [0.2, 0.25) is 5.91 Å². The Balaban J connectivity index is 1.20. The average Bonchev–Trinajstić information content (AvgIpc) is 3.52. The van der Waals surface area contributed by atoms with Crippen molar-refractivity contribution in [2.75, 3.05) is 13.1 Å². The van der Waals surface area contributed by atoms with Crippen molar-refractivity contribution in [2.24, 2.45) is 5.92 Å². The fourth-order valence-electron chi connectivity index (χ4n) is 5.36. The van der Waals surface area contributed by atoms with Gasteiger partial charge in [-0.15, -0.1) is 0 Å². The smallest absolute Gasteiger partial charge is 0.434 e. The van der Waals surface area contributed by atoms with Crippen molar-refractivity contribution >= 4 is 23.5 Å². The van der Waals surface area contributed by atoms with Crippen LogP contribution in [0.4, 0.5) is 13.2 Å². The summed E-state index contributed by atoms with van der Waals surface area (Å²) in [7, 11) is 0. The van der Waals surface area contributed by atoms with Gasteiger partial charge in [-0.1, -0.05) is 48.0 Å². The Morgan fingerprint density at radius 2 is 1.77 bits per heavy atom. The first-order chi connectivity index (χ1) is 20.6. The van der Waals surface area contributed by atoms with Crippen molar-refractivity contribution in [3.63, 3.8) is 0 Å². The van der Waals surface area contributed by atoms with Crippen LogP contribution in [-0.2, 0) is 17.6 Å². The van der Waals surface area contributed by atoms with Crippen molar-refractivity contribution in [1.82, 2.24) is 19.7 Å². The number of hydrogen-bond donors (Lipinski definition) is 1. The van der Waals surface area contributed by atoms with Gasteiger partial charge in [0.15, 0.2) is 11.5 Å². The summed E-state index contributed by atoms with van der Waals surface area (Å²) in [6, 6.07) is 17.4. The number of carbonyl (C=O) groups excluding carboxylic acids is 1. The van der Waals surface area contributed by atoms with Crippen LogP contribution in [0.3, 0.4) is 0 Å². The molecule has 12 heteroatoms.